The van der Waals surface area contributed by atoms with Gasteiger partial charge in [-0.25, -0.2) is 0 Å². The first-order valence-corrected chi connectivity index (χ1v) is 14.6. The lowest BCUT2D eigenvalue weighted by atomic mass is 10.1. The number of hydrogen-bond acceptors (Lipinski definition) is 5. The smallest absolute Gasteiger partial charge is 0.260 e. The van der Waals surface area contributed by atoms with Gasteiger partial charge >= 0.3 is 0 Å². The fourth-order valence-corrected chi connectivity index (χ4v) is 5.30. The van der Waals surface area contributed by atoms with E-state index in [1.807, 2.05) is 36.4 Å². The molecule has 1 aliphatic rings. The van der Waals surface area contributed by atoms with Crippen molar-refractivity contribution in [2.75, 3.05) is 22.9 Å². The number of carbonyl (C=O) groups excluding carboxylic acids is 1. The minimum absolute atomic E-state index is 0.0485. The van der Waals surface area contributed by atoms with Gasteiger partial charge in [-0.1, -0.05) is 71.3 Å². The highest BCUT2D eigenvalue weighted by Gasteiger charge is 2.34. The molecular formula is C36H42N2O4. The molecule has 0 spiro atoms. The zero-order valence-electron chi connectivity index (χ0n) is 25.1. The van der Waals surface area contributed by atoms with Crippen LogP contribution in [0, 0.1) is 0 Å². The normalized spacial score (nSPS) is 13.5. The lowest BCUT2D eigenvalue weighted by Crippen LogP contribution is -2.30. The van der Waals surface area contributed by atoms with Gasteiger partial charge in [0.05, 0.1) is 16.9 Å². The third-order valence-corrected chi connectivity index (χ3v) is 7.59. The summed E-state index contributed by atoms with van der Waals surface area (Å²) in [7, 11) is 0. The topological polar surface area (TPSA) is 84.2 Å². The Kier molecular flexibility index (Phi) is 10.1. The first kappa shape index (κ1) is 30.5. The molecule has 0 fully saturated rings. The molecule has 0 atom stereocenters. The van der Waals surface area contributed by atoms with E-state index in [1.165, 1.54) is 23.3 Å². The molecular weight excluding hydrogens is 524 g/mol. The zero-order chi connectivity index (χ0) is 30.2. The lowest BCUT2D eigenvalue weighted by Gasteiger charge is -2.28. The number of nitrogens with zero attached hydrogens (tertiary/aromatic N) is 2. The monoisotopic (exact) mass is 566 g/mol. The summed E-state index contributed by atoms with van der Waals surface area (Å²) < 4.78 is 0. The van der Waals surface area contributed by atoms with Crippen molar-refractivity contribution in [1.82, 2.24) is 0 Å². The highest BCUT2D eigenvalue weighted by atomic mass is 16.3. The van der Waals surface area contributed by atoms with Crippen LogP contribution in [0.4, 0.5) is 17.1 Å². The number of anilines is 3. The van der Waals surface area contributed by atoms with Gasteiger partial charge in [0.2, 0.25) is 0 Å². The molecule has 0 aliphatic carbocycles. The molecule has 6 heteroatoms. The van der Waals surface area contributed by atoms with Gasteiger partial charge in [-0.05, 0) is 77.5 Å². The Morgan fingerprint density at radius 3 is 2.14 bits per heavy atom. The highest BCUT2D eigenvalue weighted by Crippen LogP contribution is 2.50. The van der Waals surface area contributed by atoms with Crippen LogP contribution < -0.4 is 9.80 Å². The number of carbonyl (C=O) groups is 1. The maximum absolute atomic E-state index is 14.0. The number of rotatable bonds is 11. The van der Waals surface area contributed by atoms with Crippen molar-refractivity contribution in [3.8, 4) is 17.2 Å². The van der Waals surface area contributed by atoms with E-state index in [0.717, 1.165) is 36.8 Å². The van der Waals surface area contributed by atoms with Crippen LogP contribution in [0.3, 0.4) is 0 Å². The van der Waals surface area contributed by atoms with Crippen molar-refractivity contribution in [3.05, 3.63) is 107 Å². The molecule has 0 bridgehead atoms. The first-order chi connectivity index (χ1) is 20.2. The van der Waals surface area contributed by atoms with Crippen LogP contribution in [0.5, 0.6) is 17.2 Å². The Morgan fingerprint density at radius 2 is 1.43 bits per heavy atom. The summed E-state index contributed by atoms with van der Waals surface area (Å²) in [5, 5.41) is 32.6. The minimum Gasteiger partial charge on any atom is -0.508 e. The number of phenolic OH excluding ortho intramolecular Hbond substituents is 3. The van der Waals surface area contributed by atoms with E-state index in [1.54, 1.807) is 28.0 Å². The lowest BCUT2D eigenvalue weighted by molar-refractivity contribution is 0.0990. The van der Waals surface area contributed by atoms with Gasteiger partial charge in [-0.2, -0.15) is 0 Å². The van der Waals surface area contributed by atoms with Crippen molar-refractivity contribution in [1.29, 1.82) is 0 Å². The van der Waals surface area contributed by atoms with Gasteiger partial charge in [-0.3, -0.25) is 4.79 Å². The Balaban J connectivity index is 1.64. The van der Waals surface area contributed by atoms with Crippen LogP contribution in [0.2, 0.25) is 0 Å². The maximum atomic E-state index is 14.0. The second-order valence-corrected chi connectivity index (χ2v) is 11.3. The molecule has 6 nitrogen and oxygen atoms in total. The zero-order valence-corrected chi connectivity index (χ0v) is 25.1. The standard InChI is InChI=1S/C36H42N2O4/c1-25(2)11-8-12-26(3)13-9-14-27(4)19-21-37-31-23-29(39)24-33(41)35(31)38(22-20-28-15-6-5-7-16-28)34-30(36(37)42)17-10-18-32(34)40/h5-7,10-11,13,15-19,23-24,39-41H,8-9,12,14,20-22H2,1-4H3. The predicted octanol–water partition coefficient (Wildman–Crippen LogP) is 8.56. The number of phenols is 3. The van der Waals surface area contributed by atoms with Crippen LogP contribution in [-0.4, -0.2) is 34.3 Å². The molecule has 3 aromatic carbocycles. The van der Waals surface area contributed by atoms with E-state index in [2.05, 4.69) is 39.8 Å². The average molecular weight is 567 g/mol. The molecule has 1 heterocycles. The summed E-state index contributed by atoms with van der Waals surface area (Å²) in [6, 6.07) is 17.6. The van der Waals surface area contributed by atoms with Gasteiger partial charge < -0.3 is 25.1 Å². The average Bonchev–Trinajstić information content (AvgIpc) is 3.04. The number of allylic oxidation sites excluding steroid dienone is 5. The van der Waals surface area contributed by atoms with E-state index < -0.39 is 0 Å². The van der Waals surface area contributed by atoms with Crippen LogP contribution in [0.15, 0.2) is 95.6 Å². The largest absolute Gasteiger partial charge is 0.508 e. The molecule has 1 aliphatic heterocycles. The molecule has 3 N–H and O–H groups in total. The van der Waals surface area contributed by atoms with Gasteiger partial charge in [0.25, 0.3) is 5.91 Å². The van der Waals surface area contributed by atoms with E-state index in [-0.39, 0.29) is 29.7 Å². The summed E-state index contributed by atoms with van der Waals surface area (Å²) >= 11 is 0. The van der Waals surface area contributed by atoms with Gasteiger partial charge in [0.15, 0.2) is 0 Å². The van der Waals surface area contributed by atoms with E-state index in [0.29, 0.717) is 35.6 Å². The van der Waals surface area contributed by atoms with Crippen molar-refractivity contribution in [3.63, 3.8) is 0 Å². The van der Waals surface area contributed by atoms with Crippen LogP contribution in [0.25, 0.3) is 0 Å². The SMILES string of the molecule is CC(C)=CCCC(C)=CCCC(C)=CCN1C(=O)c2cccc(O)c2N(CCc2ccccc2)c2c(O)cc(O)cc21. The van der Waals surface area contributed by atoms with Crippen LogP contribution >= 0.6 is 0 Å². The molecule has 0 saturated heterocycles. The molecule has 4 rings (SSSR count). The molecule has 3 aromatic rings. The Hall–Kier alpha value is -4.45. The number of benzene rings is 3. The van der Waals surface area contributed by atoms with Crippen LogP contribution in [-0.2, 0) is 6.42 Å². The highest BCUT2D eigenvalue weighted by molar-refractivity contribution is 6.15. The van der Waals surface area contributed by atoms with E-state index in [9.17, 15) is 20.1 Å². The second kappa shape index (κ2) is 13.9. The molecule has 0 saturated carbocycles. The van der Waals surface area contributed by atoms with Crippen molar-refractivity contribution < 1.29 is 20.1 Å². The van der Waals surface area contributed by atoms with Crippen LogP contribution in [0.1, 0.15) is 69.3 Å². The quantitative estimate of drug-likeness (QED) is 0.203. The molecule has 1 amide bonds. The maximum Gasteiger partial charge on any atom is 0.260 e. The first-order valence-electron chi connectivity index (χ1n) is 14.6. The van der Waals surface area contributed by atoms with Gasteiger partial charge in [0, 0.05) is 25.2 Å². The Bertz CT molecular complexity index is 1500. The minimum atomic E-state index is -0.312. The predicted molar refractivity (Wildman–Crippen MR) is 172 cm³/mol. The Labute approximate surface area is 249 Å². The molecule has 0 aromatic heterocycles. The number of hydrogen-bond donors (Lipinski definition) is 3. The fraction of sp³-hybridized carbons (Fsp3) is 0.306. The van der Waals surface area contributed by atoms with Gasteiger partial charge in [0.1, 0.15) is 22.9 Å². The number of amides is 1. The molecule has 42 heavy (non-hydrogen) atoms. The second-order valence-electron chi connectivity index (χ2n) is 11.3. The number of aromatic hydroxyl groups is 3. The summed E-state index contributed by atoms with van der Waals surface area (Å²) in [5.74, 6) is -0.667. The van der Waals surface area contributed by atoms with Crippen molar-refractivity contribution in [2.24, 2.45) is 0 Å². The summed E-state index contributed by atoms with van der Waals surface area (Å²) in [6.45, 7) is 9.11. The Morgan fingerprint density at radius 1 is 0.738 bits per heavy atom. The van der Waals surface area contributed by atoms with Crippen molar-refractivity contribution in [2.45, 2.75) is 59.8 Å². The number of para-hydroxylation sites is 1. The third kappa shape index (κ3) is 7.43. The molecule has 0 radical (unpaired) electrons. The van der Waals surface area contributed by atoms with Gasteiger partial charge in [-0.15, -0.1) is 0 Å². The molecule has 220 valence electrons. The van der Waals surface area contributed by atoms with Crippen molar-refractivity contribution >= 4 is 23.0 Å². The summed E-state index contributed by atoms with van der Waals surface area (Å²) in [4.78, 5) is 17.4. The third-order valence-electron chi connectivity index (χ3n) is 7.59. The summed E-state index contributed by atoms with van der Waals surface area (Å²) in [5.41, 5.74) is 6.38. The fourth-order valence-electron chi connectivity index (χ4n) is 5.30. The summed E-state index contributed by atoms with van der Waals surface area (Å²) in [6.07, 6.45) is 11.1. The number of fused-ring (bicyclic) bond motifs is 2. The van der Waals surface area contributed by atoms with E-state index >= 15 is 0 Å². The van der Waals surface area contributed by atoms with E-state index in [4.69, 9.17) is 0 Å². The molecule has 0 unspecified atom stereocenters.